The average molecular weight is 278 g/mol. The van der Waals surface area contributed by atoms with Gasteiger partial charge in [0.1, 0.15) is 0 Å². The summed E-state index contributed by atoms with van der Waals surface area (Å²) in [4.78, 5) is 0.0575. The third-order valence-electron chi connectivity index (χ3n) is 2.45. The second-order valence-electron chi connectivity index (χ2n) is 3.93. The standard InChI is InChI=1S/C11H16F2N2O2S/c1-7-4-9(14-3)5-8(2)11(7)18(16,17)15-6-10(12)13/h4-5,10,14-15H,6H2,1-3H3. The molecular formula is C11H16F2N2O2S. The number of aryl methyl sites for hydroxylation is 2. The van der Waals surface area contributed by atoms with E-state index in [1.807, 2.05) is 4.72 Å². The molecule has 102 valence electrons. The monoisotopic (exact) mass is 278 g/mol. The van der Waals surface area contributed by atoms with Crippen molar-refractivity contribution in [2.24, 2.45) is 0 Å². The predicted molar refractivity (Wildman–Crippen MR) is 66.7 cm³/mol. The van der Waals surface area contributed by atoms with Crippen LogP contribution in [-0.2, 0) is 10.0 Å². The molecule has 1 rings (SSSR count). The molecule has 2 N–H and O–H groups in total. The molecule has 0 heterocycles. The Hall–Kier alpha value is -1.21. The van der Waals surface area contributed by atoms with Crippen molar-refractivity contribution in [1.29, 1.82) is 0 Å². The summed E-state index contributed by atoms with van der Waals surface area (Å²) in [5.41, 5.74) is 1.81. The molecule has 0 fully saturated rings. The van der Waals surface area contributed by atoms with Gasteiger partial charge in [-0.05, 0) is 37.1 Å². The maximum atomic E-state index is 12.1. The molecule has 0 aromatic heterocycles. The first-order valence-electron chi connectivity index (χ1n) is 5.34. The van der Waals surface area contributed by atoms with E-state index in [2.05, 4.69) is 5.32 Å². The first-order chi connectivity index (χ1) is 8.27. The number of hydrogen-bond acceptors (Lipinski definition) is 3. The fourth-order valence-corrected chi connectivity index (χ4v) is 3.22. The Kier molecular flexibility index (Phi) is 4.64. The predicted octanol–water partition coefficient (Wildman–Crippen LogP) is 1.89. The summed E-state index contributed by atoms with van der Waals surface area (Å²) in [6.45, 7) is 2.38. The SMILES string of the molecule is CNc1cc(C)c(S(=O)(=O)NCC(F)F)c(C)c1. The molecule has 18 heavy (non-hydrogen) atoms. The summed E-state index contributed by atoms with van der Waals surface area (Å²) in [7, 11) is -2.18. The van der Waals surface area contributed by atoms with Crippen molar-refractivity contribution >= 4 is 15.7 Å². The van der Waals surface area contributed by atoms with E-state index >= 15 is 0 Å². The minimum absolute atomic E-state index is 0.0575. The normalized spacial score (nSPS) is 11.9. The minimum Gasteiger partial charge on any atom is -0.388 e. The number of sulfonamides is 1. The van der Waals surface area contributed by atoms with Gasteiger partial charge in [-0.25, -0.2) is 21.9 Å². The summed E-state index contributed by atoms with van der Waals surface area (Å²) in [6, 6.07) is 3.31. The zero-order valence-corrected chi connectivity index (χ0v) is 11.2. The minimum atomic E-state index is -3.90. The molecule has 7 heteroatoms. The Morgan fingerprint density at radius 1 is 1.22 bits per heavy atom. The quantitative estimate of drug-likeness (QED) is 0.864. The summed E-state index contributed by atoms with van der Waals surface area (Å²) >= 11 is 0. The number of nitrogens with one attached hydrogen (secondary N) is 2. The summed E-state index contributed by atoms with van der Waals surface area (Å²) in [6.07, 6.45) is -2.71. The third kappa shape index (κ3) is 3.39. The molecule has 0 saturated carbocycles. The van der Waals surface area contributed by atoms with E-state index in [1.165, 1.54) is 0 Å². The van der Waals surface area contributed by atoms with Crippen LogP contribution in [0.25, 0.3) is 0 Å². The van der Waals surface area contributed by atoms with Gasteiger partial charge in [-0.2, -0.15) is 0 Å². The van der Waals surface area contributed by atoms with Crippen LogP contribution in [0.3, 0.4) is 0 Å². The lowest BCUT2D eigenvalue weighted by molar-refractivity contribution is 0.153. The van der Waals surface area contributed by atoms with Crippen LogP contribution in [0, 0.1) is 13.8 Å². The highest BCUT2D eigenvalue weighted by molar-refractivity contribution is 7.89. The topological polar surface area (TPSA) is 58.2 Å². The highest BCUT2D eigenvalue weighted by Gasteiger charge is 2.21. The van der Waals surface area contributed by atoms with Crippen LogP contribution in [0.2, 0.25) is 0 Å². The van der Waals surface area contributed by atoms with Crippen LogP contribution in [0.5, 0.6) is 0 Å². The van der Waals surface area contributed by atoms with Gasteiger partial charge < -0.3 is 5.32 Å². The second-order valence-corrected chi connectivity index (χ2v) is 5.64. The van der Waals surface area contributed by atoms with Crippen LogP contribution in [0.4, 0.5) is 14.5 Å². The number of halogens is 2. The van der Waals surface area contributed by atoms with Crippen molar-refractivity contribution < 1.29 is 17.2 Å². The number of rotatable bonds is 5. The highest BCUT2D eigenvalue weighted by Crippen LogP contribution is 2.24. The van der Waals surface area contributed by atoms with E-state index in [4.69, 9.17) is 0 Å². The van der Waals surface area contributed by atoms with Crippen molar-refractivity contribution in [3.05, 3.63) is 23.3 Å². The average Bonchev–Trinajstić information content (AvgIpc) is 2.25. The Labute approximate surface area is 105 Å². The van der Waals surface area contributed by atoms with Crippen molar-refractivity contribution in [2.75, 3.05) is 18.9 Å². The van der Waals surface area contributed by atoms with Gasteiger partial charge in [-0.15, -0.1) is 0 Å². The van der Waals surface area contributed by atoms with E-state index in [1.54, 1.807) is 33.0 Å². The van der Waals surface area contributed by atoms with Gasteiger partial charge in [0, 0.05) is 12.7 Å². The van der Waals surface area contributed by atoms with Crippen LogP contribution < -0.4 is 10.0 Å². The molecule has 0 unspecified atom stereocenters. The van der Waals surface area contributed by atoms with Gasteiger partial charge in [-0.1, -0.05) is 0 Å². The molecule has 0 bridgehead atoms. The molecule has 0 radical (unpaired) electrons. The maximum absolute atomic E-state index is 12.1. The van der Waals surface area contributed by atoms with Crippen LogP contribution in [-0.4, -0.2) is 28.4 Å². The van der Waals surface area contributed by atoms with Gasteiger partial charge in [-0.3, -0.25) is 0 Å². The van der Waals surface area contributed by atoms with Gasteiger partial charge in [0.25, 0.3) is 6.43 Å². The molecule has 0 spiro atoms. The van der Waals surface area contributed by atoms with Crippen molar-refractivity contribution in [1.82, 2.24) is 4.72 Å². The second kappa shape index (κ2) is 5.62. The lowest BCUT2D eigenvalue weighted by Crippen LogP contribution is -2.29. The van der Waals surface area contributed by atoms with Gasteiger partial charge >= 0.3 is 0 Å². The first kappa shape index (κ1) is 14.8. The van der Waals surface area contributed by atoms with Crippen LogP contribution in [0.1, 0.15) is 11.1 Å². The first-order valence-corrected chi connectivity index (χ1v) is 6.83. The number of benzene rings is 1. The Morgan fingerprint density at radius 3 is 2.11 bits per heavy atom. The third-order valence-corrected chi connectivity index (χ3v) is 4.17. The van der Waals surface area contributed by atoms with Crippen molar-refractivity contribution in [2.45, 2.75) is 25.2 Å². The fraction of sp³-hybridized carbons (Fsp3) is 0.455. The molecule has 0 aliphatic carbocycles. The zero-order chi connectivity index (χ0) is 13.9. The molecule has 0 aliphatic rings. The largest absolute Gasteiger partial charge is 0.388 e. The lowest BCUT2D eigenvalue weighted by atomic mass is 10.1. The van der Waals surface area contributed by atoms with Crippen LogP contribution in [0.15, 0.2) is 17.0 Å². The number of hydrogen-bond donors (Lipinski definition) is 2. The fourth-order valence-electron chi connectivity index (χ4n) is 1.76. The molecule has 0 atom stereocenters. The van der Waals surface area contributed by atoms with Gasteiger partial charge in [0.15, 0.2) is 0 Å². The molecule has 4 nitrogen and oxygen atoms in total. The van der Waals surface area contributed by atoms with E-state index in [9.17, 15) is 17.2 Å². The van der Waals surface area contributed by atoms with E-state index in [0.29, 0.717) is 11.1 Å². The summed E-state index contributed by atoms with van der Waals surface area (Å²) in [5, 5.41) is 2.90. The Bertz CT molecular complexity index is 507. The van der Waals surface area contributed by atoms with E-state index < -0.39 is 23.0 Å². The smallest absolute Gasteiger partial charge is 0.251 e. The Balaban J connectivity index is 3.17. The summed E-state index contributed by atoms with van der Waals surface area (Å²) < 4.78 is 49.8. The zero-order valence-electron chi connectivity index (χ0n) is 10.4. The van der Waals surface area contributed by atoms with Crippen molar-refractivity contribution in [3.63, 3.8) is 0 Å². The van der Waals surface area contributed by atoms with Crippen molar-refractivity contribution in [3.8, 4) is 0 Å². The lowest BCUT2D eigenvalue weighted by Gasteiger charge is -2.13. The molecule has 1 aromatic rings. The molecule has 0 amide bonds. The number of alkyl halides is 2. The molecular weight excluding hydrogens is 262 g/mol. The summed E-state index contributed by atoms with van der Waals surface area (Å²) in [5.74, 6) is 0. The van der Waals surface area contributed by atoms with Gasteiger partial charge in [0.2, 0.25) is 10.0 Å². The van der Waals surface area contributed by atoms with E-state index in [-0.39, 0.29) is 4.90 Å². The van der Waals surface area contributed by atoms with E-state index in [0.717, 1.165) is 5.69 Å². The maximum Gasteiger partial charge on any atom is 0.251 e. The highest BCUT2D eigenvalue weighted by atomic mass is 32.2. The molecule has 0 aliphatic heterocycles. The van der Waals surface area contributed by atoms with Gasteiger partial charge in [0.05, 0.1) is 11.4 Å². The molecule has 1 aromatic carbocycles. The Morgan fingerprint density at radius 2 is 1.72 bits per heavy atom. The molecule has 0 saturated heterocycles. The van der Waals surface area contributed by atoms with Crippen LogP contribution >= 0.6 is 0 Å². The number of anilines is 1.